The molecular weight excluding hydrogens is 166 g/mol. The SMILES string of the molecule is COC(=O)C(C)(C#N)C1CCCC1. The van der Waals surface area contributed by atoms with Gasteiger partial charge in [0.2, 0.25) is 0 Å². The lowest BCUT2D eigenvalue weighted by Crippen LogP contribution is -2.34. The summed E-state index contributed by atoms with van der Waals surface area (Å²) in [5.74, 6) is -0.202. The van der Waals surface area contributed by atoms with E-state index in [0.29, 0.717) is 0 Å². The van der Waals surface area contributed by atoms with E-state index in [2.05, 4.69) is 10.8 Å². The Bertz CT molecular complexity index is 238. The maximum atomic E-state index is 11.4. The van der Waals surface area contributed by atoms with Gasteiger partial charge in [0.15, 0.2) is 5.41 Å². The number of rotatable bonds is 2. The number of nitrogens with zero attached hydrogens (tertiary/aromatic N) is 1. The summed E-state index contributed by atoms with van der Waals surface area (Å²) in [5, 5.41) is 9.00. The molecule has 0 spiro atoms. The molecule has 1 aliphatic carbocycles. The fourth-order valence-electron chi connectivity index (χ4n) is 2.02. The molecule has 1 fully saturated rings. The van der Waals surface area contributed by atoms with Crippen LogP contribution in [0.2, 0.25) is 0 Å². The van der Waals surface area contributed by atoms with Gasteiger partial charge in [-0.15, -0.1) is 0 Å². The van der Waals surface area contributed by atoms with Gasteiger partial charge in [0.25, 0.3) is 0 Å². The predicted octanol–water partition coefficient (Wildman–Crippen LogP) is 1.88. The summed E-state index contributed by atoms with van der Waals surface area (Å²) < 4.78 is 4.66. The largest absolute Gasteiger partial charge is 0.468 e. The molecule has 0 aliphatic heterocycles. The van der Waals surface area contributed by atoms with Crippen LogP contribution in [0.5, 0.6) is 0 Å². The van der Waals surface area contributed by atoms with E-state index in [-0.39, 0.29) is 11.9 Å². The van der Waals surface area contributed by atoms with Crippen LogP contribution in [0.4, 0.5) is 0 Å². The smallest absolute Gasteiger partial charge is 0.326 e. The molecule has 0 saturated heterocycles. The van der Waals surface area contributed by atoms with Gasteiger partial charge >= 0.3 is 5.97 Å². The number of methoxy groups -OCH3 is 1. The highest BCUT2D eigenvalue weighted by molar-refractivity contribution is 5.79. The van der Waals surface area contributed by atoms with Crippen LogP contribution in [-0.2, 0) is 9.53 Å². The standard InChI is InChI=1S/C10H15NO2/c1-10(7-11,9(12)13-2)8-5-3-4-6-8/h8H,3-6H2,1-2H3. The van der Waals surface area contributed by atoms with Crippen molar-refractivity contribution in [1.82, 2.24) is 0 Å². The van der Waals surface area contributed by atoms with Crippen LogP contribution in [0, 0.1) is 22.7 Å². The summed E-state index contributed by atoms with van der Waals surface area (Å²) in [6, 6.07) is 2.10. The first-order valence-corrected chi connectivity index (χ1v) is 4.65. The zero-order valence-electron chi connectivity index (χ0n) is 8.17. The first-order chi connectivity index (χ1) is 6.15. The fraction of sp³-hybridized carbons (Fsp3) is 0.800. The maximum Gasteiger partial charge on any atom is 0.326 e. The fourth-order valence-corrected chi connectivity index (χ4v) is 2.02. The molecule has 0 N–H and O–H groups in total. The first-order valence-electron chi connectivity index (χ1n) is 4.65. The van der Waals surface area contributed by atoms with Gasteiger partial charge in [-0.2, -0.15) is 5.26 Å². The third-order valence-corrected chi connectivity index (χ3v) is 3.01. The van der Waals surface area contributed by atoms with Crippen LogP contribution in [0.15, 0.2) is 0 Å². The monoisotopic (exact) mass is 181 g/mol. The van der Waals surface area contributed by atoms with Crippen LogP contribution in [0.1, 0.15) is 32.6 Å². The molecule has 1 saturated carbocycles. The van der Waals surface area contributed by atoms with Gasteiger partial charge in [-0.3, -0.25) is 4.79 Å². The summed E-state index contributed by atoms with van der Waals surface area (Å²) in [6.07, 6.45) is 4.19. The minimum absolute atomic E-state index is 0.185. The van der Waals surface area contributed by atoms with E-state index in [1.54, 1.807) is 6.92 Å². The number of ether oxygens (including phenoxy) is 1. The van der Waals surface area contributed by atoms with Crippen molar-refractivity contribution < 1.29 is 9.53 Å². The molecule has 0 bridgehead atoms. The quantitative estimate of drug-likeness (QED) is 0.611. The summed E-state index contributed by atoms with van der Waals surface area (Å²) in [6.45, 7) is 1.69. The number of hydrogen-bond acceptors (Lipinski definition) is 3. The third kappa shape index (κ3) is 1.67. The molecule has 1 atom stereocenters. The lowest BCUT2D eigenvalue weighted by atomic mass is 9.77. The van der Waals surface area contributed by atoms with Crippen LogP contribution in [0.3, 0.4) is 0 Å². The van der Waals surface area contributed by atoms with Gasteiger partial charge in [0.05, 0.1) is 13.2 Å². The Kier molecular flexibility index (Phi) is 2.92. The second-order valence-electron chi connectivity index (χ2n) is 3.79. The number of carbonyl (C=O) groups excluding carboxylic acids is 1. The average molecular weight is 181 g/mol. The molecule has 1 rings (SSSR count). The summed E-state index contributed by atoms with van der Waals surface area (Å²) >= 11 is 0. The highest BCUT2D eigenvalue weighted by atomic mass is 16.5. The lowest BCUT2D eigenvalue weighted by molar-refractivity contribution is -0.151. The zero-order valence-corrected chi connectivity index (χ0v) is 8.17. The highest BCUT2D eigenvalue weighted by Gasteiger charge is 2.43. The summed E-state index contributed by atoms with van der Waals surface area (Å²) in [5.41, 5.74) is -0.925. The van der Waals surface area contributed by atoms with Gasteiger partial charge in [0.1, 0.15) is 0 Å². The normalized spacial score (nSPS) is 21.9. The van der Waals surface area contributed by atoms with Crippen molar-refractivity contribution in [2.24, 2.45) is 11.3 Å². The molecule has 0 aromatic carbocycles. The average Bonchev–Trinajstić information content (AvgIpc) is 2.68. The third-order valence-electron chi connectivity index (χ3n) is 3.01. The molecule has 13 heavy (non-hydrogen) atoms. The molecule has 1 aliphatic rings. The molecular formula is C10H15NO2. The van der Waals surface area contributed by atoms with Crippen molar-refractivity contribution in [1.29, 1.82) is 5.26 Å². The molecule has 0 aromatic heterocycles. The van der Waals surface area contributed by atoms with E-state index in [9.17, 15) is 4.79 Å². The Morgan fingerprint density at radius 1 is 1.54 bits per heavy atom. The second-order valence-corrected chi connectivity index (χ2v) is 3.79. The Labute approximate surface area is 78.7 Å². The highest BCUT2D eigenvalue weighted by Crippen LogP contribution is 2.40. The van der Waals surface area contributed by atoms with E-state index in [4.69, 9.17) is 5.26 Å². The Hall–Kier alpha value is -1.04. The van der Waals surface area contributed by atoms with Crippen LogP contribution < -0.4 is 0 Å². The van der Waals surface area contributed by atoms with Gasteiger partial charge in [0, 0.05) is 0 Å². The van der Waals surface area contributed by atoms with E-state index >= 15 is 0 Å². The minimum atomic E-state index is -0.925. The van der Waals surface area contributed by atoms with E-state index < -0.39 is 5.41 Å². The van der Waals surface area contributed by atoms with Crippen molar-refractivity contribution in [3.05, 3.63) is 0 Å². The molecule has 72 valence electrons. The van der Waals surface area contributed by atoms with Gasteiger partial charge in [-0.25, -0.2) is 0 Å². The van der Waals surface area contributed by atoms with Gasteiger partial charge < -0.3 is 4.74 Å². The Balaban J connectivity index is 2.80. The molecule has 0 heterocycles. The van der Waals surface area contributed by atoms with Crippen molar-refractivity contribution >= 4 is 5.97 Å². The maximum absolute atomic E-state index is 11.4. The number of carbonyl (C=O) groups is 1. The topological polar surface area (TPSA) is 50.1 Å². The van der Waals surface area contributed by atoms with Gasteiger partial charge in [-0.1, -0.05) is 12.8 Å². The van der Waals surface area contributed by atoms with Crippen molar-refractivity contribution in [2.45, 2.75) is 32.6 Å². The van der Waals surface area contributed by atoms with E-state index in [1.807, 2.05) is 0 Å². The number of hydrogen-bond donors (Lipinski definition) is 0. The number of esters is 1. The molecule has 0 aromatic rings. The number of nitriles is 1. The van der Waals surface area contributed by atoms with Crippen LogP contribution in [-0.4, -0.2) is 13.1 Å². The van der Waals surface area contributed by atoms with Crippen molar-refractivity contribution in [3.8, 4) is 6.07 Å². The molecule has 3 heteroatoms. The molecule has 0 amide bonds. The first kappa shape index (κ1) is 10.0. The van der Waals surface area contributed by atoms with E-state index in [0.717, 1.165) is 25.7 Å². The molecule has 0 radical (unpaired) electrons. The predicted molar refractivity (Wildman–Crippen MR) is 47.7 cm³/mol. The van der Waals surface area contributed by atoms with E-state index in [1.165, 1.54) is 7.11 Å². The molecule has 3 nitrogen and oxygen atoms in total. The van der Waals surface area contributed by atoms with Gasteiger partial charge in [-0.05, 0) is 25.7 Å². The zero-order chi connectivity index (χ0) is 9.90. The van der Waals surface area contributed by atoms with Crippen molar-refractivity contribution in [3.63, 3.8) is 0 Å². The van der Waals surface area contributed by atoms with Crippen molar-refractivity contribution in [2.75, 3.05) is 7.11 Å². The lowest BCUT2D eigenvalue weighted by Gasteiger charge is -2.24. The summed E-state index contributed by atoms with van der Waals surface area (Å²) in [7, 11) is 1.34. The van der Waals surface area contributed by atoms with Crippen LogP contribution >= 0.6 is 0 Å². The molecule has 1 unspecified atom stereocenters. The second kappa shape index (κ2) is 3.78. The Morgan fingerprint density at radius 2 is 2.08 bits per heavy atom. The summed E-state index contributed by atoms with van der Waals surface area (Å²) in [4.78, 5) is 11.4. The Morgan fingerprint density at radius 3 is 2.46 bits per heavy atom. The minimum Gasteiger partial charge on any atom is -0.468 e. The van der Waals surface area contributed by atoms with Crippen LogP contribution in [0.25, 0.3) is 0 Å².